The first-order valence-electron chi connectivity index (χ1n) is 7.89. The first-order chi connectivity index (χ1) is 11.5. The average Bonchev–Trinajstić information content (AvgIpc) is 3.28. The molecular weight excluding hydrogens is 344 g/mol. The minimum absolute atomic E-state index is 0.0577. The van der Waals surface area contributed by atoms with E-state index in [9.17, 15) is 9.59 Å². The third kappa shape index (κ3) is 3.62. The summed E-state index contributed by atoms with van der Waals surface area (Å²) in [5.41, 5.74) is 0.976. The van der Waals surface area contributed by atoms with E-state index in [1.54, 1.807) is 29.2 Å². The molecule has 0 saturated heterocycles. The van der Waals surface area contributed by atoms with Gasteiger partial charge in [0.15, 0.2) is 0 Å². The Labute approximate surface area is 150 Å². The zero-order valence-corrected chi connectivity index (χ0v) is 15.2. The molecular formula is C18H19ClN2O2S. The Hall–Kier alpha value is -1.85. The minimum atomic E-state index is -0.226. The van der Waals surface area contributed by atoms with Gasteiger partial charge >= 0.3 is 0 Å². The number of anilines is 1. The molecule has 1 aromatic carbocycles. The summed E-state index contributed by atoms with van der Waals surface area (Å²) in [6.07, 6.45) is 2.36. The number of nitrogens with zero attached hydrogens (tertiary/aromatic N) is 1. The molecule has 24 heavy (non-hydrogen) atoms. The third-order valence-corrected chi connectivity index (χ3v) is 5.64. The van der Waals surface area contributed by atoms with Gasteiger partial charge in [-0.2, -0.15) is 0 Å². The highest BCUT2D eigenvalue weighted by atomic mass is 35.5. The van der Waals surface area contributed by atoms with E-state index >= 15 is 0 Å². The van der Waals surface area contributed by atoms with Crippen LogP contribution in [0.15, 0.2) is 35.7 Å². The Bertz CT molecular complexity index is 756. The molecule has 0 spiro atoms. The van der Waals surface area contributed by atoms with Crippen LogP contribution in [-0.2, 0) is 0 Å². The highest BCUT2D eigenvalue weighted by molar-refractivity contribution is 7.12. The topological polar surface area (TPSA) is 49.4 Å². The summed E-state index contributed by atoms with van der Waals surface area (Å²) in [6, 6.07) is 8.77. The van der Waals surface area contributed by atoms with Crippen LogP contribution in [0, 0.1) is 5.92 Å². The number of thiophene rings is 1. The molecule has 2 amide bonds. The van der Waals surface area contributed by atoms with Crippen LogP contribution < -0.4 is 5.32 Å². The maximum absolute atomic E-state index is 12.7. The highest BCUT2D eigenvalue weighted by Gasteiger charge is 2.32. The maximum atomic E-state index is 12.7. The number of carbonyl (C=O) groups excluding carboxylic acids is 2. The summed E-state index contributed by atoms with van der Waals surface area (Å²) in [6.45, 7) is 2.07. The Balaban J connectivity index is 1.78. The zero-order valence-electron chi connectivity index (χ0n) is 13.6. The summed E-state index contributed by atoms with van der Waals surface area (Å²) >= 11 is 7.53. The van der Waals surface area contributed by atoms with Crippen molar-refractivity contribution in [2.45, 2.75) is 25.8 Å². The van der Waals surface area contributed by atoms with Gasteiger partial charge in [0.25, 0.3) is 11.8 Å². The van der Waals surface area contributed by atoms with Gasteiger partial charge in [-0.15, -0.1) is 11.3 Å². The van der Waals surface area contributed by atoms with Gasteiger partial charge in [0.1, 0.15) is 0 Å². The molecule has 1 unspecified atom stereocenters. The van der Waals surface area contributed by atoms with Crippen LogP contribution in [0.2, 0.25) is 5.02 Å². The molecule has 3 rings (SSSR count). The van der Waals surface area contributed by atoms with Crippen molar-refractivity contribution in [3.05, 3.63) is 51.2 Å². The highest BCUT2D eigenvalue weighted by Crippen LogP contribution is 2.35. The third-order valence-electron chi connectivity index (χ3n) is 4.44. The smallest absolute Gasteiger partial charge is 0.265 e. The van der Waals surface area contributed by atoms with Gasteiger partial charge in [0.2, 0.25) is 0 Å². The molecule has 0 bridgehead atoms. The number of hydrogen-bond acceptors (Lipinski definition) is 3. The van der Waals surface area contributed by atoms with Crippen LogP contribution in [-0.4, -0.2) is 29.8 Å². The molecule has 0 aliphatic heterocycles. The molecule has 2 aromatic rings. The van der Waals surface area contributed by atoms with E-state index in [0.717, 1.165) is 0 Å². The Morgan fingerprint density at radius 2 is 2.08 bits per heavy atom. The molecule has 4 nitrogen and oxygen atoms in total. The van der Waals surface area contributed by atoms with Gasteiger partial charge in [0, 0.05) is 18.7 Å². The van der Waals surface area contributed by atoms with Crippen molar-refractivity contribution in [2.75, 3.05) is 12.4 Å². The van der Waals surface area contributed by atoms with Crippen molar-refractivity contribution in [3.63, 3.8) is 0 Å². The lowest BCUT2D eigenvalue weighted by Gasteiger charge is -2.25. The summed E-state index contributed by atoms with van der Waals surface area (Å²) in [5, 5.41) is 5.03. The quantitative estimate of drug-likeness (QED) is 0.849. The number of carbonyl (C=O) groups is 2. The number of halogens is 1. The number of benzene rings is 1. The monoisotopic (exact) mass is 362 g/mol. The maximum Gasteiger partial charge on any atom is 0.265 e. The van der Waals surface area contributed by atoms with Gasteiger partial charge in [-0.25, -0.2) is 0 Å². The first-order valence-corrected chi connectivity index (χ1v) is 9.14. The first kappa shape index (κ1) is 17.0. The summed E-state index contributed by atoms with van der Waals surface area (Å²) in [4.78, 5) is 27.2. The van der Waals surface area contributed by atoms with Crippen LogP contribution in [0.4, 0.5) is 5.69 Å². The molecule has 1 aromatic heterocycles. The van der Waals surface area contributed by atoms with Crippen LogP contribution in [0.5, 0.6) is 0 Å². The van der Waals surface area contributed by atoms with E-state index in [2.05, 4.69) is 12.2 Å². The molecule has 1 fully saturated rings. The van der Waals surface area contributed by atoms with E-state index < -0.39 is 0 Å². The molecule has 1 atom stereocenters. The van der Waals surface area contributed by atoms with Gasteiger partial charge in [-0.3, -0.25) is 9.59 Å². The molecule has 126 valence electrons. The lowest BCUT2D eigenvalue weighted by atomic mass is 10.1. The van der Waals surface area contributed by atoms with E-state index in [-0.39, 0.29) is 17.9 Å². The fraction of sp³-hybridized carbons (Fsp3) is 0.333. The lowest BCUT2D eigenvalue weighted by molar-refractivity contribution is 0.0727. The fourth-order valence-corrected chi connectivity index (χ4v) is 3.41. The largest absolute Gasteiger partial charge is 0.339 e. The predicted molar refractivity (Wildman–Crippen MR) is 98.0 cm³/mol. The number of rotatable bonds is 5. The minimum Gasteiger partial charge on any atom is -0.339 e. The SMILES string of the molecule is CC(C1CC1)N(C)C(=O)c1ccc(Cl)c(NC(=O)c2cccs2)c1. The predicted octanol–water partition coefficient (Wildman–Crippen LogP) is 4.52. The van der Waals surface area contributed by atoms with Crippen molar-refractivity contribution in [2.24, 2.45) is 5.92 Å². The Kier molecular flexibility index (Phi) is 4.92. The van der Waals surface area contributed by atoms with Gasteiger partial charge < -0.3 is 10.2 Å². The molecule has 1 aliphatic carbocycles. The summed E-state index contributed by atoms with van der Waals surface area (Å²) in [5.74, 6) is 0.318. The van der Waals surface area contributed by atoms with Crippen molar-refractivity contribution in [1.82, 2.24) is 4.90 Å². The zero-order chi connectivity index (χ0) is 17.3. The summed E-state index contributed by atoms with van der Waals surface area (Å²) in [7, 11) is 1.82. The lowest BCUT2D eigenvalue weighted by Crippen LogP contribution is -2.36. The normalized spacial score (nSPS) is 15.0. The van der Waals surface area contributed by atoms with Crippen molar-refractivity contribution >= 4 is 40.4 Å². The van der Waals surface area contributed by atoms with Crippen LogP contribution in [0.3, 0.4) is 0 Å². The summed E-state index contributed by atoms with van der Waals surface area (Å²) < 4.78 is 0. The average molecular weight is 363 g/mol. The molecule has 1 aliphatic rings. The molecule has 1 N–H and O–H groups in total. The van der Waals surface area contributed by atoms with Crippen molar-refractivity contribution in [1.29, 1.82) is 0 Å². The van der Waals surface area contributed by atoms with Crippen LogP contribution >= 0.6 is 22.9 Å². The second kappa shape index (κ2) is 6.95. The number of nitrogens with one attached hydrogen (secondary N) is 1. The van der Waals surface area contributed by atoms with Crippen LogP contribution in [0.25, 0.3) is 0 Å². The van der Waals surface area contributed by atoms with Crippen molar-refractivity contribution < 1.29 is 9.59 Å². The molecule has 0 radical (unpaired) electrons. The molecule has 1 saturated carbocycles. The number of amides is 2. The van der Waals surface area contributed by atoms with Gasteiger partial charge in [-0.1, -0.05) is 17.7 Å². The van der Waals surface area contributed by atoms with E-state index in [0.29, 0.717) is 27.1 Å². The standard InChI is InChI=1S/C18H19ClN2O2S/c1-11(12-5-6-12)21(2)18(23)13-7-8-14(19)15(10-13)20-17(22)16-4-3-9-24-16/h3-4,7-12H,5-6H2,1-2H3,(H,20,22). The van der Waals surface area contributed by atoms with Crippen LogP contribution in [0.1, 0.15) is 39.8 Å². The Morgan fingerprint density at radius 3 is 2.71 bits per heavy atom. The van der Waals surface area contributed by atoms with E-state index in [1.165, 1.54) is 24.2 Å². The second-order valence-corrected chi connectivity index (χ2v) is 7.48. The van der Waals surface area contributed by atoms with E-state index in [1.807, 2.05) is 18.5 Å². The fourth-order valence-electron chi connectivity index (χ4n) is 2.63. The van der Waals surface area contributed by atoms with Crippen molar-refractivity contribution in [3.8, 4) is 0 Å². The molecule has 1 heterocycles. The van der Waals surface area contributed by atoms with Gasteiger partial charge in [-0.05, 0) is 55.3 Å². The number of hydrogen-bond donors (Lipinski definition) is 1. The Morgan fingerprint density at radius 1 is 1.33 bits per heavy atom. The van der Waals surface area contributed by atoms with E-state index in [4.69, 9.17) is 11.6 Å². The molecule has 6 heteroatoms. The second-order valence-electron chi connectivity index (χ2n) is 6.12. The van der Waals surface area contributed by atoms with Gasteiger partial charge in [0.05, 0.1) is 15.6 Å².